The Hall–Kier alpha value is -1.35. The molecule has 0 aliphatic carbocycles. The van der Waals surface area contributed by atoms with Crippen molar-refractivity contribution in [3.8, 4) is 5.75 Å². The third kappa shape index (κ3) is 3.35. The number of rotatable bonds is 6. The molecule has 1 atom stereocenters. The Labute approximate surface area is 131 Å². The SMILES string of the molecule is CCC(CC)(CO)COc1cccc2c1C(N)NS(=O)(=O)N2. The van der Waals surface area contributed by atoms with Gasteiger partial charge in [0, 0.05) is 5.41 Å². The van der Waals surface area contributed by atoms with Crippen molar-refractivity contribution >= 4 is 15.9 Å². The minimum absolute atomic E-state index is 0.0337. The van der Waals surface area contributed by atoms with E-state index in [-0.39, 0.29) is 12.0 Å². The van der Waals surface area contributed by atoms with Gasteiger partial charge in [0.05, 0.1) is 24.5 Å². The van der Waals surface area contributed by atoms with Gasteiger partial charge < -0.3 is 15.6 Å². The van der Waals surface area contributed by atoms with Crippen LogP contribution < -0.4 is 19.9 Å². The van der Waals surface area contributed by atoms with Gasteiger partial charge in [0.25, 0.3) is 0 Å². The molecule has 0 saturated carbocycles. The van der Waals surface area contributed by atoms with Gasteiger partial charge in [0.1, 0.15) is 11.9 Å². The van der Waals surface area contributed by atoms with E-state index in [9.17, 15) is 13.5 Å². The van der Waals surface area contributed by atoms with E-state index < -0.39 is 16.4 Å². The van der Waals surface area contributed by atoms with Crippen LogP contribution in [0.25, 0.3) is 0 Å². The molecule has 22 heavy (non-hydrogen) atoms. The largest absolute Gasteiger partial charge is 0.492 e. The van der Waals surface area contributed by atoms with Crippen LogP contribution in [0.3, 0.4) is 0 Å². The van der Waals surface area contributed by atoms with Crippen molar-refractivity contribution in [3.63, 3.8) is 0 Å². The van der Waals surface area contributed by atoms with Gasteiger partial charge in [0.2, 0.25) is 0 Å². The summed E-state index contributed by atoms with van der Waals surface area (Å²) in [6, 6.07) is 5.08. The molecular weight excluding hydrogens is 306 g/mol. The van der Waals surface area contributed by atoms with E-state index in [2.05, 4.69) is 9.44 Å². The minimum atomic E-state index is -3.64. The lowest BCUT2D eigenvalue weighted by Gasteiger charge is -2.31. The number of aliphatic hydroxyl groups is 1. The molecule has 0 radical (unpaired) electrons. The van der Waals surface area contributed by atoms with E-state index in [1.807, 2.05) is 13.8 Å². The van der Waals surface area contributed by atoms with E-state index in [1.54, 1.807) is 18.2 Å². The second kappa shape index (κ2) is 6.41. The van der Waals surface area contributed by atoms with Crippen molar-refractivity contribution in [2.24, 2.45) is 11.1 Å². The molecule has 0 bridgehead atoms. The van der Waals surface area contributed by atoms with Gasteiger partial charge in [0.15, 0.2) is 0 Å². The van der Waals surface area contributed by atoms with Crippen LogP contribution >= 0.6 is 0 Å². The monoisotopic (exact) mass is 329 g/mol. The Morgan fingerprint density at radius 3 is 2.64 bits per heavy atom. The van der Waals surface area contributed by atoms with Gasteiger partial charge in [-0.1, -0.05) is 19.9 Å². The first kappa shape index (κ1) is 17.0. The van der Waals surface area contributed by atoms with E-state index in [4.69, 9.17) is 10.5 Å². The van der Waals surface area contributed by atoms with Gasteiger partial charge in [-0.25, -0.2) is 0 Å². The van der Waals surface area contributed by atoms with Crippen LogP contribution in [0.2, 0.25) is 0 Å². The topological polar surface area (TPSA) is 114 Å². The maximum absolute atomic E-state index is 11.6. The normalized spacial score (nSPS) is 20.1. The van der Waals surface area contributed by atoms with E-state index >= 15 is 0 Å². The van der Waals surface area contributed by atoms with Crippen molar-refractivity contribution in [3.05, 3.63) is 23.8 Å². The number of aliphatic hydroxyl groups excluding tert-OH is 1. The summed E-state index contributed by atoms with van der Waals surface area (Å²) in [5.41, 5.74) is 6.56. The average molecular weight is 329 g/mol. The molecule has 1 aromatic carbocycles. The molecule has 1 aromatic rings. The molecule has 7 nitrogen and oxygen atoms in total. The molecule has 0 spiro atoms. The molecule has 1 unspecified atom stereocenters. The van der Waals surface area contributed by atoms with Gasteiger partial charge in [-0.05, 0) is 25.0 Å². The number of anilines is 1. The molecule has 1 aliphatic heterocycles. The summed E-state index contributed by atoms with van der Waals surface area (Å²) in [4.78, 5) is 0. The smallest absolute Gasteiger partial charge is 0.300 e. The summed E-state index contributed by atoms with van der Waals surface area (Å²) < 4.78 is 33.8. The molecule has 5 N–H and O–H groups in total. The first-order valence-corrected chi connectivity index (χ1v) is 8.77. The maximum atomic E-state index is 11.6. The van der Waals surface area contributed by atoms with E-state index in [1.165, 1.54) is 0 Å². The zero-order valence-corrected chi connectivity index (χ0v) is 13.6. The highest BCUT2D eigenvalue weighted by molar-refractivity contribution is 7.90. The van der Waals surface area contributed by atoms with Crippen LogP contribution in [-0.2, 0) is 10.2 Å². The Balaban J connectivity index is 2.27. The zero-order chi connectivity index (χ0) is 16.4. The Morgan fingerprint density at radius 1 is 1.36 bits per heavy atom. The molecule has 8 heteroatoms. The maximum Gasteiger partial charge on any atom is 0.300 e. The Kier molecular flexibility index (Phi) is 4.96. The molecule has 1 heterocycles. The Bertz CT molecular complexity index is 621. The number of nitrogens with two attached hydrogens (primary N) is 1. The molecular formula is C14H23N3O4S. The summed E-state index contributed by atoms with van der Waals surface area (Å²) in [5.74, 6) is 0.514. The second-order valence-electron chi connectivity index (χ2n) is 5.57. The van der Waals surface area contributed by atoms with Crippen LogP contribution in [0, 0.1) is 5.41 Å². The van der Waals surface area contributed by atoms with Gasteiger partial charge >= 0.3 is 10.2 Å². The number of benzene rings is 1. The third-order valence-corrected chi connectivity index (χ3v) is 5.33. The van der Waals surface area contributed by atoms with E-state index in [0.717, 1.165) is 12.8 Å². The van der Waals surface area contributed by atoms with Gasteiger partial charge in [-0.15, -0.1) is 0 Å². The quantitative estimate of drug-likeness (QED) is 0.624. The van der Waals surface area contributed by atoms with Gasteiger partial charge in [-0.3, -0.25) is 4.72 Å². The lowest BCUT2D eigenvalue weighted by molar-refractivity contribution is 0.0583. The van der Waals surface area contributed by atoms with E-state index in [0.29, 0.717) is 23.6 Å². The first-order valence-electron chi connectivity index (χ1n) is 7.28. The van der Waals surface area contributed by atoms with Crippen LogP contribution in [-0.4, -0.2) is 26.7 Å². The molecule has 1 aliphatic rings. The van der Waals surface area contributed by atoms with Crippen molar-refractivity contribution < 1.29 is 18.3 Å². The molecule has 0 fully saturated rings. The fourth-order valence-corrected chi connectivity index (χ4v) is 3.41. The van der Waals surface area contributed by atoms with Crippen molar-refractivity contribution in [2.45, 2.75) is 32.9 Å². The van der Waals surface area contributed by atoms with Crippen molar-refractivity contribution in [1.82, 2.24) is 4.72 Å². The predicted octanol–water partition coefficient (Wildman–Crippen LogP) is 1.08. The fraction of sp³-hybridized carbons (Fsp3) is 0.571. The average Bonchev–Trinajstić information content (AvgIpc) is 2.47. The summed E-state index contributed by atoms with van der Waals surface area (Å²) >= 11 is 0. The number of nitrogens with one attached hydrogen (secondary N) is 2. The summed E-state index contributed by atoms with van der Waals surface area (Å²) in [6.07, 6.45) is 0.696. The highest BCUT2D eigenvalue weighted by Crippen LogP contribution is 2.35. The third-order valence-electron chi connectivity index (χ3n) is 4.27. The second-order valence-corrected chi connectivity index (χ2v) is 7.02. The predicted molar refractivity (Wildman–Crippen MR) is 84.6 cm³/mol. The standard InChI is InChI=1S/C14H23N3O4S/c1-3-14(4-2,8-18)9-21-11-7-5-6-10-12(11)13(15)17-22(19,20)16-10/h5-7,13,16-18H,3-4,8-9,15H2,1-2H3. The fourth-order valence-electron chi connectivity index (χ4n) is 2.43. The van der Waals surface area contributed by atoms with Crippen LogP contribution in [0.1, 0.15) is 38.4 Å². The highest BCUT2D eigenvalue weighted by atomic mass is 32.2. The summed E-state index contributed by atoms with van der Waals surface area (Å²) in [7, 11) is -3.64. The lowest BCUT2D eigenvalue weighted by Crippen LogP contribution is -2.42. The molecule has 2 rings (SSSR count). The van der Waals surface area contributed by atoms with Crippen LogP contribution in [0.15, 0.2) is 18.2 Å². The molecule has 0 amide bonds. The van der Waals surface area contributed by atoms with Crippen molar-refractivity contribution in [2.75, 3.05) is 17.9 Å². The van der Waals surface area contributed by atoms with Crippen LogP contribution in [0.4, 0.5) is 5.69 Å². The Morgan fingerprint density at radius 2 is 2.05 bits per heavy atom. The number of hydrogen-bond donors (Lipinski definition) is 4. The molecule has 124 valence electrons. The number of ether oxygens (including phenoxy) is 1. The number of fused-ring (bicyclic) bond motifs is 1. The molecule has 0 saturated heterocycles. The lowest BCUT2D eigenvalue weighted by atomic mass is 9.84. The summed E-state index contributed by atoms with van der Waals surface area (Å²) in [6.45, 7) is 4.38. The first-order chi connectivity index (χ1) is 10.4. The summed E-state index contributed by atoms with van der Waals surface area (Å²) in [5, 5.41) is 9.60. The zero-order valence-electron chi connectivity index (χ0n) is 12.8. The number of hydrogen-bond acceptors (Lipinski definition) is 5. The van der Waals surface area contributed by atoms with Crippen LogP contribution in [0.5, 0.6) is 5.75 Å². The van der Waals surface area contributed by atoms with Crippen molar-refractivity contribution in [1.29, 1.82) is 0 Å². The van der Waals surface area contributed by atoms with Gasteiger partial charge in [-0.2, -0.15) is 13.1 Å². The highest BCUT2D eigenvalue weighted by Gasteiger charge is 2.31. The minimum Gasteiger partial charge on any atom is -0.492 e. The molecule has 0 aromatic heterocycles.